The van der Waals surface area contributed by atoms with Gasteiger partial charge >= 0.3 is 0 Å². The van der Waals surface area contributed by atoms with Crippen molar-refractivity contribution in [2.75, 3.05) is 13.2 Å². The summed E-state index contributed by atoms with van der Waals surface area (Å²) in [6.45, 7) is 3.82. The van der Waals surface area contributed by atoms with Gasteiger partial charge in [-0.05, 0) is 18.1 Å². The number of benzene rings is 1. The SMILES string of the molecule is CCCOc1ccccc1CC1CO1. The molecule has 0 N–H and O–H groups in total. The zero-order chi connectivity index (χ0) is 9.80. The molecule has 2 rings (SSSR count). The third-order valence-electron chi connectivity index (χ3n) is 2.28. The van der Waals surface area contributed by atoms with Crippen LogP contribution in [0.3, 0.4) is 0 Å². The number of rotatable bonds is 5. The van der Waals surface area contributed by atoms with Crippen molar-refractivity contribution in [2.45, 2.75) is 25.9 Å². The molecule has 2 heteroatoms. The minimum Gasteiger partial charge on any atom is -0.493 e. The largest absolute Gasteiger partial charge is 0.493 e. The van der Waals surface area contributed by atoms with Crippen molar-refractivity contribution in [1.82, 2.24) is 0 Å². The summed E-state index contributed by atoms with van der Waals surface area (Å²) in [4.78, 5) is 0. The number of epoxide rings is 1. The van der Waals surface area contributed by atoms with E-state index in [1.807, 2.05) is 12.1 Å². The lowest BCUT2D eigenvalue weighted by Gasteiger charge is -2.09. The van der Waals surface area contributed by atoms with E-state index in [0.717, 1.165) is 31.8 Å². The Balaban J connectivity index is 2.02. The van der Waals surface area contributed by atoms with E-state index in [4.69, 9.17) is 9.47 Å². The van der Waals surface area contributed by atoms with Crippen molar-refractivity contribution in [1.29, 1.82) is 0 Å². The molecule has 0 amide bonds. The van der Waals surface area contributed by atoms with Gasteiger partial charge in [0.25, 0.3) is 0 Å². The highest BCUT2D eigenvalue weighted by atomic mass is 16.6. The zero-order valence-corrected chi connectivity index (χ0v) is 8.53. The van der Waals surface area contributed by atoms with Gasteiger partial charge in [-0.25, -0.2) is 0 Å². The summed E-state index contributed by atoms with van der Waals surface area (Å²) < 4.78 is 10.9. The maximum absolute atomic E-state index is 5.66. The van der Waals surface area contributed by atoms with Gasteiger partial charge in [-0.15, -0.1) is 0 Å². The Morgan fingerprint density at radius 3 is 2.93 bits per heavy atom. The topological polar surface area (TPSA) is 21.8 Å². The van der Waals surface area contributed by atoms with Gasteiger partial charge in [0.2, 0.25) is 0 Å². The van der Waals surface area contributed by atoms with Crippen LogP contribution in [0, 0.1) is 0 Å². The molecule has 1 aliphatic rings. The summed E-state index contributed by atoms with van der Waals surface area (Å²) in [6.07, 6.45) is 2.47. The molecular formula is C12H16O2. The van der Waals surface area contributed by atoms with Crippen molar-refractivity contribution in [3.8, 4) is 5.75 Å². The normalized spacial score (nSPS) is 19.4. The minimum atomic E-state index is 0.432. The smallest absolute Gasteiger partial charge is 0.122 e. The molecule has 1 aromatic carbocycles. The molecule has 0 radical (unpaired) electrons. The van der Waals surface area contributed by atoms with Crippen molar-refractivity contribution in [2.24, 2.45) is 0 Å². The Kier molecular flexibility index (Phi) is 3.04. The van der Waals surface area contributed by atoms with E-state index in [0.29, 0.717) is 6.10 Å². The van der Waals surface area contributed by atoms with E-state index in [2.05, 4.69) is 19.1 Å². The van der Waals surface area contributed by atoms with Crippen LogP contribution in [0.4, 0.5) is 0 Å². The third-order valence-corrected chi connectivity index (χ3v) is 2.28. The van der Waals surface area contributed by atoms with Crippen molar-refractivity contribution < 1.29 is 9.47 Å². The van der Waals surface area contributed by atoms with Gasteiger partial charge in [-0.1, -0.05) is 25.1 Å². The fraction of sp³-hybridized carbons (Fsp3) is 0.500. The van der Waals surface area contributed by atoms with Crippen molar-refractivity contribution >= 4 is 0 Å². The molecule has 1 aromatic rings. The summed E-state index contributed by atoms with van der Waals surface area (Å²) >= 11 is 0. The van der Waals surface area contributed by atoms with E-state index < -0.39 is 0 Å². The molecule has 0 aromatic heterocycles. The van der Waals surface area contributed by atoms with Crippen LogP contribution in [-0.4, -0.2) is 19.3 Å². The molecule has 1 fully saturated rings. The Morgan fingerprint density at radius 1 is 1.43 bits per heavy atom. The average Bonchev–Trinajstić information content (AvgIpc) is 3.01. The molecule has 1 atom stereocenters. The molecule has 1 unspecified atom stereocenters. The number of ether oxygens (including phenoxy) is 2. The van der Waals surface area contributed by atoms with Gasteiger partial charge in [0.05, 0.1) is 19.3 Å². The minimum absolute atomic E-state index is 0.432. The van der Waals surface area contributed by atoms with Gasteiger partial charge in [0.15, 0.2) is 0 Å². The molecule has 0 bridgehead atoms. The maximum Gasteiger partial charge on any atom is 0.122 e. The van der Waals surface area contributed by atoms with Crippen molar-refractivity contribution in [3.05, 3.63) is 29.8 Å². The van der Waals surface area contributed by atoms with Gasteiger partial charge in [-0.3, -0.25) is 0 Å². The van der Waals surface area contributed by atoms with Crippen LogP contribution in [0.5, 0.6) is 5.75 Å². The summed E-state index contributed by atoms with van der Waals surface area (Å²) in [5, 5.41) is 0. The Hall–Kier alpha value is -1.02. The summed E-state index contributed by atoms with van der Waals surface area (Å²) in [5.74, 6) is 1.02. The molecule has 2 nitrogen and oxygen atoms in total. The third kappa shape index (κ3) is 2.48. The van der Waals surface area contributed by atoms with E-state index in [1.54, 1.807) is 0 Å². The highest BCUT2D eigenvalue weighted by Gasteiger charge is 2.23. The lowest BCUT2D eigenvalue weighted by atomic mass is 10.1. The molecule has 0 saturated carbocycles. The highest BCUT2D eigenvalue weighted by Crippen LogP contribution is 2.24. The predicted octanol–water partition coefficient (Wildman–Crippen LogP) is 2.42. The van der Waals surface area contributed by atoms with Gasteiger partial charge < -0.3 is 9.47 Å². The molecule has 0 aliphatic carbocycles. The monoisotopic (exact) mass is 192 g/mol. The number of para-hydroxylation sites is 1. The molecule has 1 aliphatic heterocycles. The Bertz CT molecular complexity index is 292. The predicted molar refractivity (Wildman–Crippen MR) is 55.7 cm³/mol. The summed E-state index contributed by atoms with van der Waals surface area (Å²) in [7, 11) is 0. The lowest BCUT2D eigenvalue weighted by Crippen LogP contribution is -2.01. The molecule has 0 spiro atoms. The first-order chi connectivity index (χ1) is 6.90. The zero-order valence-electron chi connectivity index (χ0n) is 8.53. The standard InChI is InChI=1S/C12H16O2/c1-2-7-13-12-6-4-3-5-10(12)8-11-9-14-11/h3-6,11H,2,7-9H2,1H3. The Labute approximate surface area is 84.8 Å². The average molecular weight is 192 g/mol. The van der Waals surface area contributed by atoms with Gasteiger partial charge in [-0.2, -0.15) is 0 Å². The number of hydrogen-bond acceptors (Lipinski definition) is 2. The van der Waals surface area contributed by atoms with Crippen LogP contribution in [0.25, 0.3) is 0 Å². The first-order valence-electron chi connectivity index (χ1n) is 5.22. The van der Waals surface area contributed by atoms with E-state index in [-0.39, 0.29) is 0 Å². The van der Waals surface area contributed by atoms with Gasteiger partial charge in [0.1, 0.15) is 5.75 Å². The van der Waals surface area contributed by atoms with Crippen LogP contribution < -0.4 is 4.74 Å². The maximum atomic E-state index is 5.66. The fourth-order valence-corrected chi connectivity index (χ4v) is 1.46. The molecule has 76 valence electrons. The summed E-state index contributed by atoms with van der Waals surface area (Å²) in [6, 6.07) is 8.22. The lowest BCUT2D eigenvalue weighted by molar-refractivity contribution is 0.312. The quantitative estimate of drug-likeness (QED) is 0.668. The number of hydrogen-bond donors (Lipinski definition) is 0. The first kappa shape index (κ1) is 9.53. The van der Waals surface area contributed by atoms with Crippen LogP contribution in [0.1, 0.15) is 18.9 Å². The van der Waals surface area contributed by atoms with Crippen LogP contribution in [-0.2, 0) is 11.2 Å². The van der Waals surface area contributed by atoms with E-state index in [1.165, 1.54) is 5.56 Å². The Morgan fingerprint density at radius 2 is 2.21 bits per heavy atom. The second-order valence-electron chi connectivity index (χ2n) is 3.62. The molecular weight excluding hydrogens is 176 g/mol. The van der Waals surface area contributed by atoms with Crippen LogP contribution in [0.15, 0.2) is 24.3 Å². The fourth-order valence-electron chi connectivity index (χ4n) is 1.46. The molecule has 14 heavy (non-hydrogen) atoms. The van der Waals surface area contributed by atoms with Crippen LogP contribution in [0.2, 0.25) is 0 Å². The van der Waals surface area contributed by atoms with Crippen molar-refractivity contribution in [3.63, 3.8) is 0 Å². The second-order valence-corrected chi connectivity index (χ2v) is 3.62. The van der Waals surface area contributed by atoms with E-state index >= 15 is 0 Å². The molecule has 1 heterocycles. The summed E-state index contributed by atoms with van der Waals surface area (Å²) in [5.41, 5.74) is 1.27. The molecule has 1 saturated heterocycles. The highest BCUT2D eigenvalue weighted by molar-refractivity contribution is 5.34. The van der Waals surface area contributed by atoms with Crippen LogP contribution >= 0.6 is 0 Å². The first-order valence-corrected chi connectivity index (χ1v) is 5.22. The second kappa shape index (κ2) is 4.47. The van der Waals surface area contributed by atoms with Gasteiger partial charge in [0, 0.05) is 6.42 Å². The van der Waals surface area contributed by atoms with E-state index in [9.17, 15) is 0 Å².